The third kappa shape index (κ3) is 4.26. The van der Waals surface area contributed by atoms with Crippen LogP contribution in [0.3, 0.4) is 0 Å². The minimum absolute atomic E-state index is 0.0347. The van der Waals surface area contributed by atoms with Crippen molar-refractivity contribution in [1.82, 2.24) is 14.7 Å². The maximum absolute atomic E-state index is 13.5. The number of rotatable bonds is 5. The van der Waals surface area contributed by atoms with Crippen molar-refractivity contribution in [1.29, 1.82) is 0 Å². The first kappa shape index (κ1) is 21.1. The van der Waals surface area contributed by atoms with E-state index in [9.17, 15) is 9.18 Å². The van der Waals surface area contributed by atoms with Gasteiger partial charge in [0.2, 0.25) is 0 Å². The quantitative estimate of drug-likeness (QED) is 0.389. The number of amides is 1. The average Bonchev–Trinajstić information content (AvgIpc) is 3.53. The normalized spacial score (nSPS) is 20.0. The van der Waals surface area contributed by atoms with E-state index in [4.69, 9.17) is 22.1 Å². The second-order valence-corrected chi connectivity index (χ2v) is 9.32. The van der Waals surface area contributed by atoms with Crippen LogP contribution in [0.4, 0.5) is 4.39 Å². The summed E-state index contributed by atoms with van der Waals surface area (Å²) in [5.74, 6) is -0.430. The van der Waals surface area contributed by atoms with Crippen molar-refractivity contribution in [3.8, 4) is 16.9 Å². The Morgan fingerprint density at radius 2 is 1.97 bits per heavy atom. The Morgan fingerprint density at radius 1 is 1.19 bits per heavy atom. The number of carbonyl (C=O) groups is 1. The van der Waals surface area contributed by atoms with Gasteiger partial charge in [-0.3, -0.25) is 9.69 Å². The summed E-state index contributed by atoms with van der Waals surface area (Å²) in [7, 11) is 0. The lowest BCUT2D eigenvalue weighted by Gasteiger charge is -2.18. The van der Waals surface area contributed by atoms with E-state index in [0.717, 1.165) is 36.3 Å². The van der Waals surface area contributed by atoms with E-state index in [1.807, 2.05) is 42.6 Å². The van der Waals surface area contributed by atoms with Crippen molar-refractivity contribution in [3.63, 3.8) is 0 Å². The van der Waals surface area contributed by atoms with Gasteiger partial charge in [0.25, 0.3) is 5.91 Å². The average molecular weight is 466 g/mol. The van der Waals surface area contributed by atoms with Gasteiger partial charge in [-0.15, -0.1) is 0 Å². The summed E-state index contributed by atoms with van der Waals surface area (Å²) in [4.78, 5) is 15.3. The van der Waals surface area contributed by atoms with Gasteiger partial charge >= 0.3 is 0 Å². The molecule has 1 amide bonds. The zero-order valence-corrected chi connectivity index (χ0v) is 18.7. The van der Waals surface area contributed by atoms with E-state index >= 15 is 0 Å². The fraction of sp³-hybridized carbons (Fsp3) is 0.208. The molecule has 3 aromatic rings. The first-order valence-corrected chi connectivity index (χ1v) is 11.6. The number of carbonyl (C=O) groups excluding carboxylic acids is 1. The Hall–Kier alpha value is -2.81. The highest BCUT2D eigenvalue weighted by atomic mass is 32.2. The van der Waals surface area contributed by atoms with E-state index in [-0.39, 0.29) is 17.8 Å². The Labute approximate surface area is 194 Å². The fourth-order valence-corrected chi connectivity index (χ4v) is 5.09. The van der Waals surface area contributed by atoms with Crippen LogP contribution in [0.2, 0.25) is 0 Å². The van der Waals surface area contributed by atoms with E-state index in [1.54, 1.807) is 21.7 Å². The van der Waals surface area contributed by atoms with Crippen molar-refractivity contribution < 1.29 is 13.9 Å². The van der Waals surface area contributed by atoms with Gasteiger partial charge in [-0.25, -0.2) is 9.07 Å². The molecule has 5 rings (SSSR count). The molecule has 2 saturated heterocycles. The van der Waals surface area contributed by atoms with Gasteiger partial charge in [-0.05, 0) is 55.3 Å². The van der Waals surface area contributed by atoms with Crippen LogP contribution in [-0.4, -0.2) is 44.2 Å². The maximum Gasteiger partial charge on any atom is 0.266 e. The third-order valence-electron chi connectivity index (χ3n) is 5.45. The SMILES string of the molecule is O=C1/C(=C\c2cn(-c3ccccc3)nc2-c2ccc(F)cc2)SC(=S)N1C[C@H]1CCCO1. The van der Waals surface area contributed by atoms with Crippen LogP contribution in [0.25, 0.3) is 23.0 Å². The number of hydrogen-bond acceptors (Lipinski definition) is 5. The summed E-state index contributed by atoms with van der Waals surface area (Å²) in [6, 6.07) is 15.9. The van der Waals surface area contributed by atoms with Gasteiger partial charge < -0.3 is 4.74 Å². The molecule has 0 saturated carbocycles. The third-order valence-corrected chi connectivity index (χ3v) is 6.83. The Balaban J connectivity index is 1.51. The van der Waals surface area contributed by atoms with Crippen LogP contribution in [0.5, 0.6) is 0 Å². The molecule has 5 nitrogen and oxygen atoms in total. The summed E-state index contributed by atoms with van der Waals surface area (Å²) in [6.07, 6.45) is 5.68. The number of para-hydroxylation sites is 1. The maximum atomic E-state index is 13.5. The molecule has 1 atom stereocenters. The summed E-state index contributed by atoms with van der Waals surface area (Å²) in [5.41, 5.74) is 3.08. The first-order valence-electron chi connectivity index (χ1n) is 10.4. The zero-order valence-electron chi connectivity index (χ0n) is 17.1. The second kappa shape index (κ2) is 8.97. The fourth-order valence-electron chi connectivity index (χ4n) is 3.83. The lowest BCUT2D eigenvalue weighted by molar-refractivity contribution is -0.123. The smallest absolute Gasteiger partial charge is 0.266 e. The van der Waals surface area contributed by atoms with E-state index < -0.39 is 0 Å². The van der Waals surface area contributed by atoms with Crippen LogP contribution >= 0.6 is 24.0 Å². The van der Waals surface area contributed by atoms with Crippen LogP contribution in [-0.2, 0) is 9.53 Å². The zero-order chi connectivity index (χ0) is 22.1. The molecule has 0 bridgehead atoms. The van der Waals surface area contributed by atoms with Gasteiger partial charge in [-0.1, -0.05) is 42.2 Å². The van der Waals surface area contributed by atoms with Crippen molar-refractivity contribution in [2.45, 2.75) is 18.9 Å². The summed E-state index contributed by atoms with van der Waals surface area (Å²) in [6.45, 7) is 1.21. The van der Waals surface area contributed by atoms with E-state index in [0.29, 0.717) is 21.5 Å². The van der Waals surface area contributed by atoms with Gasteiger partial charge in [-0.2, -0.15) is 5.10 Å². The van der Waals surface area contributed by atoms with Crippen molar-refractivity contribution in [3.05, 3.63) is 77.1 Å². The lowest BCUT2D eigenvalue weighted by atomic mass is 10.1. The second-order valence-electron chi connectivity index (χ2n) is 7.65. The molecular weight excluding hydrogens is 445 g/mol. The number of ether oxygens (including phenoxy) is 1. The summed E-state index contributed by atoms with van der Waals surface area (Å²) < 4.78 is 21.5. The first-order chi connectivity index (χ1) is 15.6. The number of halogens is 1. The van der Waals surface area contributed by atoms with Crippen LogP contribution in [0, 0.1) is 5.82 Å². The molecule has 2 aliphatic rings. The molecule has 0 unspecified atom stereocenters. The number of hydrogen-bond donors (Lipinski definition) is 0. The minimum atomic E-state index is -0.312. The molecule has 162 valence electrons. The molecule has 0 aliphatic carbocycles. The van der Waals surface area contributed by atoms with Crippen LogP contribution in [0.1, 0.15) is 18.4 Å². The molecule has 0 radical (unpaired) electrons. The molecule has 32 heavy (non-hydrogen) atoms. The highest BCUT2D eigenvalue weighted by Crippen LogP contribution is 2.35. The molecule has 0 spiro atoms. The van der Waals surface area contributed by atoms with Crippen LogP contribution < -0.4 is 0 Å². The number of aromatic nitrogens is 2. The topological polar surface area (TPSA) is 47.4 Å². The van der Waals surface area contributed by atoms with E-state index in [2.05, 4.69) is 0 Å². The molecule has 1 aromatic heterocycles. The molecule has 2 fully saturated rings. The summed E-state index contributed by atoms with van der Waals surface area (Å²) in [5, 5.41) is 4.73. The monoisotopic (exact) mass is 465 g/mol. The highest BCUT2D eigenvalue weighted by Gasteiger charge is 2.35. The van der Waals surface area contributed by atoms with Crippen molar-refractivity contribution in [2.75, 3.05) is 13.2 Å². The van der Waals surface area contributed by atoms with Crippen molar-refractivity contribution in [2.24, 2.45) is 0 Å². The van der Waals surface area contributed by atoms with Crippen LogP contribution in [0.15, 0.2) is 65.7 Å². The predicted molar refractivity (Wildman–Crippen MR) is 128 cm³/mol. The molecule has 8 heteroatoms. The Kier molecular flexibility index (Phi) is 5.91. The van der Waals surface area contributed by atoms with Gasteiger partial charge in [0.05, 0.1) is 28.9 Å². The van der Waals surface area contributed by atoms with Crippen molar-refractivity contribution >= 4 is 40.3 Å². The highest BCUT2D eigenvalue weighted by molar-refractivity contribution is 8.26. The van der Waals surface area contributed by atoms with Gasteiger partial charge in [0, 0.05) is 23.9 Å². The Bertz CT molecular complexity index is 1190. The van der Waals surface area contributed by atoms with E-state index in [1.165, 1.54) is 23.9 Å². The lowest BCUT2D eigenvalue weighted by Crippen LogP contribution is -2.35. The van der Waals surface area contributed by atoms with Gasteiger partial charge in [0.1, 0.15) is 10.1 Å². The molecule has 2 aromatic carbocycles. The molecule has 2 aliphatic heterocycles. The summed E-state index contributed by atoms with van der Waals surface area (Å²) >= 11 is 6.76. The minimum Gasteiger partial charge on any atom is -0.376 e. The molecular formula is C24H20FN3O2S2. The molecule has 3 heterocycles. The van der Waals surface area contributed by atoms with Gasteiger partial charge in [0.15, 0.2) is 0 Å². The molecule has 0 N–H and O–H groups in total. The number of nitrogens with zero attached hydrogens (tertiary/aromatic N) is 3. The standard InChI is InChI=1S/C24H20FN3O2S2/c25-18-10-8-16(9-11-18)22-17(14-28(26-22)19-5-2-1-3-6-19)13-21-23(29)27(24(31)32-21)15-20-7-4-12-30-20/h1-3,5-6,8-11,13-14,20H,4,7,12,15H2/b21-13+/t20-/m1/s1. The largest absolute Gasteiger partial charge is 0.376 e. The number of thiocarbonyl (C=S) groups is 1. The number of thioether (sulfide) groups is 1. The predicted octanol–water partition coefficient (Wildman–Crippen LogP) is 5.06. The number of benzene rings is 2. The Morgan fingerprint density at radius 3 is 2.69 bits per heavy atom.